The average molecular weight is 295 g/mol. The lowest BCUT2D eigenvalue weighted by Crippen LogP contribution is -2.04. The van der Waals surface area contributed by atoms with Gasteiger partial charge in [-0.1, -0.05) is 32.4 Å². The van der Waals surface area contributed by atoms with Crippen LogP contribution < -0.4 is 9.47 Å². The summed E-state index contributed by atoms with van der Waals surface area (Å²) in [6, 6.07) is 3.79. The topological polar surface area (TPSA) is 18.5 Å². The highest BCUT2D eigenvalue weighted by Gasteiger charge is 2.13. The van der Waals surface area contributed by atoms with Crippen molar-refractivity contribution < 1.29 is 9.47 Å². The van der Waals surface area contributed by atoms with Crippen molar-refractivity contribution in [1.29, 1.82) is 0 Å². The number of ether oxygens (including phenoxy) is 2. The van der Waals surface area contributed by atoms with Crippen molar-refractivity contribution in [3.05, 3.63) is 22.7 Å². The fourth-order valence-electron chi connectivity index (χ4n) is 1.79. The maximum absolute atomic E-state index is 6.27. The van der Waals surface area contributed by atoms with E-state index in [2.05, 4.69) is 19.8 Å². The molecule has 0 spiro atoms. The first kappa shape index (κ1) is 16.7. The largest absolute Gasteiger partial charge is 0.493 e. The maximum atomic E-state index is 6.27. The SMILES string of the molecule is C#CC(C)Cc1cc(Cl)c(OCCC)cc1OCCC. The van der Waals surface area contributed by atoms with Gasteiger partial charge in [0, 0.05) is 12.0 Å². The molecule has 0 saturated heterocycles. The average Bonchev–Trinajstić information content (AvgIpc) is 2.45. The predicted molar refractivity (Wildman–Crippen MR) is 84.7 cm³/mol. The van der Waals surface area contributed by atoms with Crippen LogP contribution in [0.2, 0.25) is 5.02 Å². The van der Waals surface area contributed by atoms with Crippen LogP contribution in [-0.4, -0.2) is 13.2 Å². The number of rotatable bonds is 8. The Morgan fingerprint density at radius 2 is 1.75 bits per heavy atom. The molecule has 0 bridgehead atoms. The molecular weight excluding hydrogens is 272 g/mol. The summed E-state index contributed by atoms with van der Waals surface area (Å²) in [6.45, 7) is 7.47. The maximum Gasteiger partial charge on any atom is 0.141 e. The van der Waals surface area contributed by atoms with Crippen LogP contribution in [0.3, 0.4) is 0 Å². The Bertz CT molecular complexity index is 463. The molecule has 0 aliphatic carbocycles. The molecule has 0 aromatic heterocycles. The Labute approximate surface area is 127 Å². The summed E-state index contributed by atoms with van der Waals surface area (Å²) in [5.74, 6) is 4.39. The van der Waals surface area contributed by atoms with E-state index in [0.29, 0.717) is 24.0 Å². The van der Waals surface area contributed by atoms with Gasteiger partial charge in [0.05, 0.1) is 18.2 Å². The minimum absolute atomic E-state index is 0.150. The molecule has 0 heterocycles. The molecule has 0 aliphatic heterocycles. The summed E-state index contributed by atoms with van der Waals surface area (Å²) in [6.07, 6.45) is 8.11. The van der Waals surface area contributed by atoms with Crippen molar-refractivity contribution in [2.24, 2.45) is 5.92 Å². The van der Waals surface area contributed by atoms with Gasteiger partial charge in [-0.05, 0) is 30.9 Å². The Hall–Kier alpha value is -1.33. The number of halogens is 1. The highest BCUT2D eigenvalue weighted by atomic mass is 35.5. The molecule has 1 rings (SSSR count). The van der Waals surface area contributed by atoms with Gasteiger partial charge in [0.25, 0.3) is 0 Å². The molecule has 1 unspecified atom stereocenters. The molecule has 1 atom stereocenters. The van der Waals surface area contributed by atoms with E-state index >= 15 is 0 Å². The van der Waals surface area contributed by atoms with Gasteiger partial charge in [0.15, 0.2) is 0 Å². The zero-order valence-electron chi connectivity index (χ0n) is 12.5. The third kappa shape index (κ3) is 4.98. The predicted octanol–water partition coefficient (Wildman–Crippen LogP) is 4.73. The van der Waals surface area contributed by atoms with Crippen LogP contribution in [0, 0.1) is 18.3 Å². The molecule has 0 N–H and O–H groups in total. The van der Waals surface area contributed by atoms with E-state index < -0.39 is 0 Å². The zero-order valence-corrected chi connectivity index (χ0v) is 13.3. The summed E-state index contributed by atoms with van der Waals surface area (Å²) in [4.78, 5) is 0. The number of hydrogen-bond acceptors (Lipinski definition) is 2. The zero-order chi connectivity index (χ0) is 15.0. The standard InChI is InChI=1S/C17H23ClO2/c1-5-8-19-16-12-17(20-9-6-2)15(18)11-14(16)10-13(4)7-3/h3,11-13H,5-6,8-10H2,1-2,4H3. The minimum atomic E-state index is 0.150. The van der Waals surface area contributed by atoms with Gasteiger partial charge in [-0.25, -0.2) is 0 Å². The summed E-state index contributed by atoms with van der Waals surface area (Å²) in [7, 11) is 0. The van der Waals surface area contributed by atoms with Crippen molar-refractivity contribution in [2.75, 3.05) is 13.2 Å². The Kier molecular flexibility index (Phi) is 7.33. The Morgan fingerprint density at radius 1 is 1.15 bits per heavy atom. The Morgan fingerprint density at radius 3 is 2.30 bits per heavy atom. The summed E-state index contributed by atoms with van der Waals surface area (Å²) >= 11 is 6.27. The van der Waals surface area contributed by atoms with Gasteiger partial charge in [-0.3, -0.25) is 0 Å². The van der Waals surface area contributed by atoms with E-state index in [1.54, 1.807) is 0 Å². The third-order valence-electron chi connectivity index (χ3n) is 2.85. The van der Waals surface area contributed by atoms with Gasteiger partial charge >= 0.3 is 0 Å². The van der Waals surface area contributed by atoms with E-state index in [9.17, 15) is 0 Å². The van der Waals surface area contributed by atoms with E-state index in [-0.39, 0.29) is 5.92 Å². The molecule has 1 aromatic rings. The first-order valence-electron chi connectivity index (χ1n) is 7.16. The summed E-state index contributed by atoms with van der Waals surface area (Å²) in [5.41, 5.74) is 1.04. The second-order valence-corrected chi connectivity index (χ2v) is 5.27. The van der Waals surface area contributed by atoms with Crippen molar-refractivity contribution in [1.82, 2.24) is 0 Å². The van der Waals surface area contributed by atoms with Crippen LogP contribution in [-0.2, 0) is 6.42 Å². The fraction of sp³-hybridized carbons (Fsp3) is 0.529. The van der Waals surface area contributed by atoms with Crippen LogP contribution in [0.4, 0.5) is 0 Å². The van der Waals surface area contributed by atoms with Gasteiger partial charge in [-0.2, -0.15) is 0 Å². The summed E-state index contributed by atoms with van der Waals surface area (Å²) < 4.78 is 11.4. The lowest BCUT2D eigenvalue weighted by Gasteiger charge is -2.16. The van der Waals surface area contributed by atoms with Gasteiger partial charge in [0.2, 0.25) is 0 Å². The number of hydrogen-bond donors (Lipinski definition) is 0. The van der Waals surface area contributed by atoms with Crippen molar-refractivity contribution in [2.45, 2.75) is 40.0 Å². The van der Waals surface area contributed by atoms with Crippen LogP contribution >= 0.6 is 11.6 Å². The lowest BCUT2D eigenvalue weighted by molar-refractivity contribution is 0.299. The van der Waals surface area contributed by atoms with E-state index in [0.717, 1.165) is 30.6 Å². The quantitative estimate of drug-likeness (QED) is 0.645. The molecule has 0 amide bonds. The van der Waals surface area contributed by atoms with Gasteiger partial charge in [-0.15, -0.1) is 12.3 Å². The normalized spacial score (nSPS) is 11.8. The molecule has 110 valence electrons. The Balaban J connectivity index is 3.01. The smallest absolute Gasteiger partial charge is 0.141 e. The second kappa shape index (κ2) is 8.76. The van der Waals surface area contributed by atoms with E-state index in [1.807, 2.05) is 19.1 Å². The molecule has 0 fully saturated rings. The first-order valence-corrected chi connectivity index (χ1v) is 7.54. The number of benzene rings is 1. The van der Waals surface area contributed by atoms with Crippen molar-refractivity contribution in [3.63, 3.8) is 0 Å². The first-order chi connectivity index (χ1) is 9.62. The molecular formula is C17H23ClO2. The van der Waals surface area contributed by atoms with Crippen LogP contribution in [0.1, 0.15) is 39.2 Å². The molecule has 1 aromatic carbocycles. The van der Waals surface area contributed by atoms with Gasteiger partial charge < -0.3 is 9.47 Å². The van der Waals surface area contributed by atoms with Crippen LogP contribution in [0.5, 0.6) is 11.5 Å². The highest BCUT2D eigenvalue weighted by Crippen LogP contribution is 2.34. The molecule has 0 radical (unpaired) electrons. The number of terminal acetylenes is 1. The van der Waals surface area contributed by atoms with Gasteiger partial charge in [0.1, 0.15) is 11.5 Å². The van der Waals surface area contributed by atoms with E-state index in [4.69, 9.17) is 27.5 Å². The van der Waals surface area contributed by atoms with Crippen molar-refractivity contribution in [3.8, 4) is 23.8 Å². The van der Waals surface area contributed by atoms with Crippen LogP contribution in [0.15, 0.2) is 12.1 Å². The minimum Gasteiger partial charge on any atom is -0.493 e. The van der Waals surface area contributed by atoms with Crippen molar-refractivity contribution >= 4 is 11.6 Å². The monoisotopic (exact) mass is 294 g/mol. The third-order valence-corrected chi connectivity index (χ3v) is 3.14. The molecule has 20 heavy (non-hydrogen) atoms. The highest BCUT2D eigenvalue weighted by molar-refractivity contribution is 6.32. The molecule has 0 aliphatic rings. The molecule has 3 heteroatoms. The summed E-state index contributed by atoms with van der Waals surface area (Å²) in [5, 5.41) is 0.613. The van der Waals surface area contributed by atoms with E-state index in [1.165, 1.54) is 0 Å². The molecule has 0 saturated carbocycles. The second-order valence-electron chi connectivity index (χ2n) is 4.86. The molecule has 2 nitrogen and oxygen atoms in total. The fourth-order valence-corrected chi connectivity index (χ4v) is 2.03. The lowest BCUT2D eigenvalue weighted by atomic mass is 10.0. The van der Waals surface area contributed by atoms with Crippen LogP contribution in [0.25, 0.3) is 0 Å².